The average molecular weight is 195 g/mol. The number of aromatic nitrogens is 2. The zero-order valence-electron chi connectivity index (χ0n) is 9.29. The highest BCUT2D eigenvalue weighted by molar-refractivity contribution is 5.02. The Kier molecular flexibility index (Phi) is 4.66. The molecule has 0 atom stereocenters. The number of aryl methyl sites for hydroxylation is 2. The van der Waals surface area contributed by atoms with Gasteiger partial charge in [0.2, 0.25) is 0 Å². The largest absolute Gasteiger partial charge is 0.322 e. The van der Waals surface area contributed by atoms with Gasteiger partial charge in [-0.2, -0.15) is 0 Å². The van der Waals surface area contributed by atoms with Crippen molar-refractivity contribution in [1.82, 2.24) is 9.55 Å². The second kappa shape index (κ2) is 5.81. The van der Waals surface area contributed by atoms with E-state index in [1.807, 2.05) is 17.7 Å². The summed E-state index contributed by atoms with van der Waals surface area (Å²) < 4.78 is 2.04. The van der Waals surface area contributed by atoms with Gasteiger partial charge in [0, 0.05) is 12.6 Å². The van der Waals surface area contributed by atoms with E-state index in [1.165, 1.54) is 25.7 Å². The summed E-state index contributed by atoms with van der Waals surface area (Å²) in [7, 11) is 0. The van der Waals surface area contributed by atoms with E-state index in [2.05, 4.69) is 11.9 Å². The third kappa shape index (κ3) is 3.14. The van der Waals surface area contributed by atoms with E-state index >= 15 is 0 Å². The van der Waals surface area contributed by atoms with Crippen molar-refractivity contribution in [2.45, 2.75) is 52.6 Å². The number of nitrogens with two attached hydrogens (primary N) is 1. The van der Waals surface area contributed by atoms with Gasteiger partial charge in [-0.15, -0.1) is 0 Å². The zero-order valence-corrected chi connectivity index (χ0v) is 9.29. The van der Waals surface area contributed by atoms with E-state index in [0.29, 0.717) is 6.67 Å². The molecule has 2 N–H and O–H groups in total. The van der Waals surface area contributed by atoms with Gasteiger partial charge in [0.15, 0.2) is 0 Å². The van der Waals surface area contributed by atoms with Gasteiger partial charge in [-0.25, -0.2) is 4.98 Å². The van der Waals surface area contributed by atoms with Crippen LogP contribution >= 0.6 is 0 Å². The minimum atomic E-state index is 0.546. The molecular weight excluding hydrogens is 174 g/mol. The van der Waals surface area contributed by atoms with Crippen molar-refractivity contribution in [3.8, 4) is 0 Å². The predicted molar refractivity (Wildman–Crippen MR) is 59.0 cm³/mol. The Balaban J connectivity index is 2.41. The lowest BCUT2D eigenvalue weighted by Gasteiger charge is -2.03. The lowest BCUT2D eigenvalue weighted by molar-refractivity contribution is 0.614. The Bertz CT molecular complexity index is 265. The molecule has 0 saturated carbocycles. The maximum Gasteiger partial charge on any atom is 0.110 e. The van der Waals surface area contributed by atoms with Crippen molar-refractivity contribution in [3.05, 3.63) is 17.7 Å². The van der Waals surface area contributed by atoms with Crippen molar-refractivity contribution in [2.75, 3.05) is 0 Å². The molecule has 0 unspecified atom stereocenters. The van der Waals surface area contributed by atoms with Gasteiger partial charge >= 0.3 is 0 Å². The summed E-state index contributed by atoms with van der Waals surface area (Å²) >= 11 is 0. The number of rotatable bonds is 6. The molecule has 1 aromatic heterocycles. The highest BCUT2D eigenvalue weighted by Gasteiger charge is 2.03. The van der Waals surface area contributed by atoms with E-state index < -0.39 is 0 Å². The molecule has 1 heterocycles. The quantitative estimate of drug-likeness (QED) is 0.707. The second-order valence-electron chi connectivity index (χ2n) is 3.76. The van der Waals surface area contributed by atoms with E-state index in [4.69, 9.17) is 5.73 Å². The summed E-state index contributed by atoms with van der Waals surface area (Å²) in [6.45, 7) is 4.79. The molecular formula is C11H21N3. The molecule has 0 amide bonds. The van der Waals surface area contributed by atoms with Crippen LogP contribution in [0.15, 0.2) is 6.20 Å². The van der Waals surface area contributed by atoms with Crippen LogP contribution in [-0.2, 0) is 13.1 Å². The molecule has 3 heteroatoms. The van der Waals surface area contributed by atoms with Crippen molar-refractivity contribution in [3.63, 3.8) is 0 Å². The lowest BCUT2D eigenvalue weighted by Crippen LogP contribution is -2.09. The van der Waals surface area contributed by atoms with Crippen molar-refractivity contribution >= 4 is 0 Å². The van der Waals surface area contributed by atoms with Gasteiger partial charge in [0.25, 0.3) is 0 Å². The van der Waals surface area contributed by atoms with Crippen LogP contribution in [0, 0.1) is 6.92 Å². The first-order chi connectivity index (χ1) is 6.77. The number of hydrogen-bond donors (Lipinski definition) is 1. The van der Waals surface area contributed by atoms with Crippen molar-refractivity contribution in [1.29, 1.82) is 0 Å². The molecule has 0 aliphatic rings. The molecule has 14 heavy (non-hydrogen) atoms. The van der Waals surface area contributed by atoms with Crippen LogP contribution in [0.2, 0.25) is 0 Å². The standard InChI is InChI=1S/C11H21N3/c1-3-4-5-6-7-11-13-10(2)8-14(11)9-12/h8H,3-7,9,12H2,1-2H3. The molecule has 0 spiro atoms. The van der Waals surface area contributed by atoms with Crippen molar-refractivity contribution in [2.24, 2.45) is 5.73 Å². The van der Waals surface area contributed by atoms with E-state index in [0.717, 1.165) is 17.9 Å². The molecule has 0 saturated heterocycles. The van der Waals surface area contributed by atoms with Crippen LogP contribution in [0.3, 0.4) is 0 Å². The summed E-state index contributed by atoms with van der Waals surface area (Å²) in [5.41, 5.74) is 6.69. The molecule has 80 valence electrons. The molecule has 1 rings (SSSR count). The Morgan fingerprint density at radius 3 is 2.79 bits per heavy atom. The highest BCUT2D eigenvalue weighted by Crippen LogP contribution is 2.07. The summed E-state index contributed by atoms with van der Waals surface area (Å²) in [6.07, 6.45) is 8.21. The van der Waals surface area contributed by atoms with Gasteiger partial charge < -0.3 is 10.3 Å². The fourth-order valence-corrected chi connectivity index (χ4v) is 1.66. The molecule has 0 radical (unpaired) electrons. The van der Waals surface area contributed by atoms with Gasteiger partial charge in [-0.3, -0.25) is 0 Å². The maximum absolute atomic E-state index is 5.62. The van der Waals surface area contributed by atoms with Crippen LogP contribution < -0.4 is 5.73 Å². The summed E-state index contributed by atoms with van der Waals surface area (Å²) in [5.74, 6) is 1.14. The minimum Gasteiger partial charge on any atom is -0.322 e. The number of hydrogen-bond acceptors (Lipinski definition) is 2. The molecule has 0 fully saturated rings. The Morgan fingerprint density at radius 2 is 2.14 bits per heavy atom. The van der Waals surface area contributed by atoms with Gasteiger partial charge in [-0.05, 0) is 13.3 Å². The van der Waals surface area contributed by atoms with Crippen LogP contribution in [-0.4, -0.2) is 9.55 Å². The lowest BCUT2D eigenvalue weighted by atomic mass is 10.1. The molecule has 0 aliphatic heterocycles. The number of nitrogens with zero attached hydrogens (tertiary/aromatic N) is 2. The Morgan fingerprint density at radius 1 is 1.36 bits per heavy atom. The first-order valence-electron chi connectivity index (χ1n) is 5.50. The summed E-state index contributed by atoms with van der Waals surface area (Å²) in [5, 5.41) is 0. The fraction of sp³-hybridized carbons (Fsp3) is 0.727. The van der Waals surface area contributed by atoms with Crippen LogP contribution in [0.5, 0.6) is 0 Å². The molecule has 3 nitrogen and oxygen atoms in total. The fourth-order valence-electron chi connectivity index (χ4n) is 1.66. The predicted octanol–water partition coefficient (Wildman–Crippen LogP) is 2.23. The smallest absolute Gasteiger partial charge is 0.110 e. The van der Waals surface area contributed by atoms with E-state index in [9.17, 15) is 0 Å². The third-order valence-electron chi connectivity index (χ3n) is 2.43. The first kappa shape index (κ1) is 11.2. The second-order valence-corrected chi connectivity index (χ2v) is 3.76. The van der Waals surface area contributed by atoms with Crippen molar-refractivity contribution < 1.29 is 0 Å². The van der Waals surface area contributed by atoms with Crippen LogP contribution in [0.25, 0.3) is 0 Å². The van der Waals surface area contributed by atoms with Gasteiger partial charge in [0.05, 0.1) is 12.4 Å². The maximum atomic E-state index is 5.62. The Hall–Kier alpha value is -0.830. The van der Waals surface area contributed by atoms with Crippen LogP contribution in [0.4, 0.5) is 0 Å². The first-order valence-corrected chi connectivity index (χ1v) is 5.50. The van der Waals surface area contributed by atoms with E-state index in [1.54, 1.807) is 0 Å². The molecule has 0 aromatic carbocycles. The Labute approximate surface area is 86.3 Å². The molecule has 0 aliphatic carbocycles. The zero-order chi connectivity index (χ0) is 10.4. The topological polar surface area (TPSA) is 43.8 Å². The van der Waals surface area contributed by atoms with Crippen LogP contribution in [0.1, 0.15) is 44.1 Å². The number of unbranched alkanes of at least 4 members (excludes halogenated alkanes) is 3. The average Bonchev–Trinajstić information content (AvgIpc) is 2.54. The molecule has 0 bridgehead atoms. The highest BCUT2D eigenvalue weighted by atomic mass is 15.1. The monoisotopic (exact) mass is 195 g/mol. The normalized spacial score (nSPS) is 10.8. The van der Waals surface area contributed by atoms with Gasteiger partial charge in [0.1, 0.15) is 5.82 Å². The summed E-state index contributed by atoms with van der Waals surface area (Å²) in [6, 6.07) is 0. The third-order valence-corrected chi connectivity index (χ3v) is 2.43. The summed E-state index contributed by atoms with van der Waals surface area (Å²) in [4.78, 5) is 4.46. The molecule has 1 aromatic rings. The minimum absolute atomic E-state index is 0.546. The van der Waals surface area contributed by atoms with Gasteiger partial charge in [-0.1, -0.05) is 26.2 Å². The van der Waals surface area contributed by atoms with E-state index in [-0.39, 0.29) is 0 Å². The number of imidazole rings is 1. The SMILES string of the molecule is CCCCCCc1nc(C)cn1CN.